The number of nitrogens with zero attached hydrogens (tertiary/aromatic N) is 2. The van der Waals surface area contributed by atoms with Crippen molar-refractivity contribution in [1.29, 1.82) is 0 Å². The minimum Gasteiger partial charge on any atom is -0.456 e. The third-order valence-corrected chi connectivity index (χ3v) is 11.7. The van der Waals surface area contributed by atoms with E-state index in [-0.39, 0.29) is 0 Å². The van der Waals surface area contributed by atoms with Crippen LogP contribution in [0.15, 0.2) is 211 Å². The number of benzene rings is 10. The molecule has 0 saturated carbocycles. The molecule has 12 aromatic rings. The molecule has 0 aliphatic carbocycles. The normalized spacial score (nSPS) is 11.9. The Labute approximate surface area is 328 Å². The Bertz CT molecular complexity index is 3530. The molecular weight excluding hydrogens is 693 g/mol. The Morgan fingerprint density at radius 3 is 1.81 bits per heavy atom. The predicted octanol–water partition coefficient (Wildman–Crippen LogP) is 15.3. The van der Waals surface area contributed by atoms with Gasteiger partial charge in [0.2, 0.25) is 0 Å². The van der Waals surface area contributed by atoms with Gasteiger partial charge in [-0.2, -0.15) is 0 Å². The number of aromatic nitrogens is 1. The van der Waals surface area contributed by atoms with Gasteiger partial charge in [-0.3, -0.25) is 0 Å². The van der Waals surface area contributed by atoms with Gasteiger partial charge in [-0.1, -0.05) is 133 Å². The van der Waals surface area contributed by atoms with E-state index < -0.39 is 0 Å². The summed E-state index contributed by atoms with van der Waals surface area (Å²) in [6.45, 7) is 0. The zero-order valence-corrected chi connectivity index (χ0v) is 30.9. The van der Waals surface area contributed by atoms with E-state index in [0.717, 1.165) is 50.2 Å². The monoisotopic (exact) mass is 726 g/mol. The van der Waals surface area contributed by atoms with Gasteiger partial charge in [0.1, 0.15) is 11.2 Å². The van der Waals surface area contributed by atoms with Gasteiger partial charge < -0.3 is 13.9 Å². The minimum atomic E-state index is 0.907. The van der Waals surface area contributed by atoms with Crippen LogP contribution in [0.1, 0.15) is 0 Å². The Hall–Kier alpha value is -7.62. The number of hydrogen-bond acceptors (Lipinski definition) is 2. The SMILES string of the molecule is c1ccc(-n2c3ccc(-c4ccc5oc6ccccc6c5c4)cc3c3ccc(N(c4ccc5ccc6ccccc6c5c4)c4cccc5ccccc45)cc32)cc1. The molecule has 3 heteroatoms. The number of furan rings is 1. The summed E-state index contributed by atoms with van der Waals surface area (Å²) in [4.78, 5) is 2.44. The molecule has 0 N–H and O–H groups in total. The fraction of sp³-hybridized carbons (Fsp3) is 0. The van der Waals surface area contributed by atoms with Gasteiger partial charge in [0.15, 0.2) is 0 Å². The molecule has 0 aliphatic heterocycles. The topological polar surface area (TPSA) is 21.3 Å². The highest BCUT2D eigenvalue weighted by Gasteiger charge is 2.20. The van der Waals surface area contributed by atoms with Crippen molar-refractivity contribution in [3.05, 3.63) is 206 Å². The maximum absolute atomic E-state index is 6.17. The molecule has 3 nitrogen and oxygen atoms in total. The summed E-state index contributed by atoms with van der Waals surface area (Å²) in [5, 5.41) is 12.1. The van der Waals surface area contributed by atoms with Gasteiger partial charge in [0, 0.05) is 44.0 Å². The molecule has 2 heterocycles. The standard InChI is InChI=1S/C54H34N2O/c1-2-14-40(15-3-1)56-51-29-24-38(39-25-30-54-49(32-39)46-18-8-9-20-53(46)57-54)31-48(51)45-28-27-42(34-52(45)56)55(50-19-10-13-35-11-5-7-17-44(35)50)41-26-23-37-22-21-36-12-4-6-16-43(36)47(37)33-41/h1-34H. The average molecular weight is 727 g/mol. The van der Waals surface area contributed by atoms with E-state index in [4.69, 9.17) is 4.42 Å². The van der Waals surface area contributed by atoms with Crippen LogP contribution in [-0.4, -0.2) is 4.57 Å². The van der Waals surface area contributed by atoms with Crippen molar-refractivity contribution < 1.29 is 4.42 Å². The third-order valence-electron chi connectivity index (χ3n) is 11.7. The van der Waals surface area contributed by atoms with Crippen LogP contribution in [0.5, 0.6) is 0 Å². The van der Waals surface area contributed by atoms with Gasteiger partial charge in [-0.05, 0) is 111 Å². The van der Waals surface area contributed by atoms with Crippen molar-refractivity contribution in [1.82, 2.24) is 4.57 Å². The minimum absolute atomic E-state index is 0.907. The van der Waals surface area contributed by atoms with E-state index in [0.29, 0.717) is 0 Å². The lowest BCUT2D eigenvalue weighted by Crippen LogP contribution is -2.10. The van der Waals surface area contributed by atoms with Gasteiger partial charge in [0.05, 0.1) is 16.7 Å². The van der Waals surface area contributed by atoms with Crippen molar-refractivity contribution in [2.45, 2.75) is 0 Å². The highest BCUT2D eigenvalue weighted by molar-refractivity contribution is 6.14. The molecule has 0 radical (unpaired) electrons. The Balaban J connectivity index is 1.10. The van der Waals surface area contributed by atoms with Gasteiger partial charge in [-0.25, -0.2) is 0 Å². The second kappa shape index (κ2) is 12.5. The van der Waals surface area contributed by atoms with Crippen LogP contribution in [0.4, 0.5) is 17.1 Å². The summed E-state index contributed by atoms with van der Waals surface area (Å²) >= 11 is 0. The molecule has 0 saturated heterocycles. The van der Waals surface area contributed by atoms with Crippen molar-refractivity contribution >= 4 is 93.1 Å². The lowest BCUT2D eigenvalue weighted by atomic mass is 10.00. The molecule has 0 bridgehead atoms. The van der Waals surface area contributed by atoms with Crippen molar-refractivity contribution in [2.75, 3.05) is 4.90 Å². The molecule has 0 spiro atoms. The fourth-order valence-corrected chi connectivity index (χ4v) is 9.05. The Kier molecular flexibility index (Phi) is 6.93. The largest absolute Gasteiger partial charge is 0.456 e. The molecule has 2 aromatic heterocycles. The molecular formula is C54H34N2O. The number of rotatable bonds is 5. The Morgan fingerprint density at radius 2 is 0.947 bits per heavy atom. The molecule has 0 aliphatic rings. The van der Waals surface area contributed by atoms with Gasteiger partial charge in [0.25, 0.3) is 0 Å². The lowest BCUT2D eigenvalue weighted by molar-refractivity contribution is 0.669. The average Bonchev–Trinajstić information content (AvgIpc) is 3.81. The Morgan fingerprint density at radius 1 is 0.333 bits per heavy atom. The van der Waals surface area contributed by atoms with Gasteiger partial charge in [-0.15, -0.1) is 0 Å². The number of anilines is 3. The number of fused-ring (bicyclic) bond motifs is 10. The molecule has 0 amide bonds. The second-order valence-electron chi connectivity index (χ2n) is 14.9. The smallest absolute Gasteiger partial charge is 0.135 e. The summed E-state index contributed by atoms with van der Waals surface area (Å²) in [6.07, 6.45) is 0. The molecule has 0 fully saturated rings. The predicted molar refractivity (Wildman–Crippen MR) is 241 cm³/mol. The summed E-state index contributed by atoms with van der Waals surface area (Å²) in [5.41, 5.74) is 10.9. The first-order valence-electron chi connectivity index (χ1n) is 19.5. The van der Waals surface area contributed by atoms with Gasteiger partial charge >= 0.3 is 0 Å². The maximum Gasteiger partial charge on any atom is 0.135 e. The first-order valence-corrected chi connectivity index (χ1v) is 19.5. The highest BCUT2D eigenvalue weighted by Crippen LogP contribution is 2.44. The molecule has 0 atom stereocenters. The summed E-state index contributed by atoms with van der Waals surface area (Å²) in [7, 11) is 0. The second-order valence-corrected chi connectivity index (χ2v) is 14.9. The van der Waals surface area contributed by atoms with E-state index in [9.17, 15) is 0 Å². The fourth-order valence-electron chi connectivity index (χ4n) is 9.05. The first kappa shape index (κ1) is 31.7. The molecule has 266 valence electrons. The van der Waals surface area contributed by atoms with Crippen molar-refractivity contribution in [3.8, 4) is 16.8 Å². The van der Waals surface area contributed by atoms with E-state index in [1.807, 2.05) is 12.1 Å². The van der Waals surface area contributed by atoms with Crippen LogP contribution < -0.4 is 4.90 Å². The van der Waals surface area contributed by atoms with Crippen LogP contribution in [0, 0.1) is 0 Å². The summed E-state index contributed by atoms with van der Waals surface area (Å²) in [5.74, 6) is 0. The van der Waals surface area contributed by atoms with Crippen LogP contribution in [0.2, 0.25) is 0 Å². The van der Waals surface area contributed by atoms with Crippen molar-refractivity contribution in [3.63, 3.8) is 0 Å². The molecule has 57 heavy (non-hydrogen) atoms. The first-order chi connectivity index (χ1) is 28.2. The quantitative estimate of drug-likeness (QED) is 0.165. The maximum atomic E-state index is 6.17. The molecule has 0 unspecified atom stereocenters. The van der Waals surface area contributed by atoms with Crippen LogP contribution in [-0.2, 0) is 0 Å². The van der Waals surface area contributed by atoms with E-state index >= 15 is 0 Å². The van der Waals surface area contributed by atoms with Crippen LogP contribution in [0.25, 0.3) is 92.9 Å². The van der Waals surface area contributed by atoms with Crippen molar-refractivity contribution in [2.24, 2.45) is 0 Å². The van der Waals surface area contributed by atoms with Crippen LogP contribution in [0.3, 0.4) is 0 Å². The highest BCUT2D eigenvalue weighted by atomic mass is 16.3. The molecule has 10 aromatic carbocycles. The zero-order valence-electron chi connectivity index (χ0n) is 30.9. The summed E-state index contributed by atoms with van der Waals surface area (Å²) < 4.78 is 8.59. The van der Waals surface area contributed by atoms with E-state index in [1.54, 1.807) is 0 Å². The third kappa shape index (κ3) is 4.99. The summed E-state index contributed by atoms with van der Waals surface area (Å²) in [6, 6.07) is 74.8. The zero-order chi connectivity index (χ0) is 37.5. The number of hydrogen-bond donors (Lipinski definition) is 0. The van der Waals surface area contributed by atoms with Crippen LogP contribution >= 0.6 is 0 Å². The van der Waals surface area contributed by atoms with E-state index in [1.165, 1.54) is 59.7 Å². The van der Waals surface area contributed by atoms with E-state index in [2.05, 4.69) is 204 Å². The number of para-hydroxylation sites is 2. The lowest BCUT2D eigenvalue weighted by Gasteiger charge is -2.27. The molecule has 12 rings (SSSR count).